The van der Waals surface area contributed by atoms with Crippen molar-refractivity contribution in [3.05, 3.63) is 52.3 Å². The zero-order valence-corrected chi connectivity index (χ0v) is 18.3. The molecule has 0 unspecified atom stereocenters. The maximum atomic E-state index is 12.9. The molecule has 9 heteroatoms. The third kappa shape index (κ3) is 4.00. The van der Waals surface area contributed by atoms with Gasteiger partial charge >= 0.3 is 0 Å². The predicted molar refractivity (Wildman–Crippen MR) is 116 cm³/mol. The van der Waals surface area contributed by atoms with Gasteiger partial charge in [-0.15, -0.1) is 0 Å². The first-order valence-corrected chi connectivity index (χ1v) is 10.4. The van der Waals surface area contributed by atoms with Crippen molar-refractivity contribution in [2.45, 2.75) is 13.5 Å². The third-order valence-electron chi connectivity index (χ3n) is 5.31. The van der Waals surface area contributed by atoms with E-state index < -0.39 is 0 Å². The van der Waals surface area contributed by atoms with Crippen LogP contribution in [0.3, 0.4) is 0 Å². The van der Waals surface area contributed by atoms with Gasteiger partial charge in [-0.1, -0.05) is 23.2 Å². The summed E-state index contributed by atoms with van der Waals surface area (Å²) < 4.78 is 12.3. The van der Waals surface area contributed by atoms with E-state index in [0.29, 0.717) is 40.3 Å². The monoisotopic (exact) mass is 448 g/mol. The Kier molecular flexibility index (Phi) is 5.92. The molecule has 0 N–H and O–H groups in total. The second-order valence-electron chi connectivity index (χ2n) is 7.07. The first kappa shape index (κ1) is 20.6. The number of carbonyl (C=O) groups is 1. The Morgan fingerprint density at radius 2 is 1.97 bits per heavy atom. The molecule has 1 saturated heterocycles. The van der Waals surface area contributed by atoms with E-state index in [4.69, 9.17) is 32.4 Å². The highest BCUT2D eigenvalue weighted by Gasteiger charge is 2.24. The number of anilines is 1. The zero-order valence-electron chi connectivity index (χ0n) is 16.8. The van der Waals surface area contributed by atoms with Gasteiger partial charge in [0.05, 0.1) is 29.1 Å². The van der Waals surface area contributed by atoms with Crippen LogP contribution in [0.25, 0.3) is 11.5 Å². The maximum Gasteiger partial charge on any atom is 0.244 e. The van der Waals surface area contributed by atoms with Gasteiger partial charge in [0.1, 0.15) is 18.0 Å². The standard InChI is InChI=1S/C21H22Cl2N4O3/c1-14-20(23)21(17-4-3-11-30-17)24-27(14)13-19(28)26-9-7-25(8-10-26)15-5-6-16(22)18(12-15)29-2/h3-6,11-12H,7-10,13H2,1-2H3. The molecule has 0 aliphatic carbocycles. The second-order valence-corrected chi connectivity index (χ2v) is 7.85. The molecule has 3 aromatic rings. The van der Waals surface area contributed by atoms with Crippen molar-refractivity contribution in [2.75, 3.05) is 38.2 Å². The lowest BCUT2D eigenvalue weighted by Crippen LogP contribution is -2.49. The fourth-order valence-corrected chi connectivity index (χ4v) is 3.96. The number of aromatic nitrogens is 2. The minimum absolute atomic E-state index is 0.0107. The van der Waals surface area contributed by atoms with E-state index in [2.05, 4.69) is 10.00 Å². The average molecular weight is 449 g/mol. The van der Waals surface area contributed by atoms with E-state index in [1.807, 2.05) is 30.0 Å². The van der Waals surface area contributed by atoms with Crippen molar-refractivity contribution in [1.82, 2.24) is 14.7 Å². The van der Waals surface area contributed by atoms with Crippen molar-refractivity contribution >= 4 is 34.8 Å². The molecule has 1 aliphatic heterocycles. The molecule has 0 saturated carbocycles. The van der Waals surface area contributed by atoms with Gasteiger partial charge in [0.2, 0.25) is 5.91 Å². The van der Waals surface area contributed by atoms with Crippen LogP contribution in [0, 0.1) is 6.92 Å². The number of ether oxygens (including phenoxy) is 1. The quantitative estimate of drug-likeness (QED) is 0.587. The number of hydrogen-bond donors (Lipinski definition) is 0. The number of furan rings is 1. The lowest BCUT2D eigenvalue weighted by atomic mass is 10.2. The number of halogens is 2. The molecular weight excluding hydrogens is 427 g/mol. The topological polar surface area (TPSA) is 63.7 Å². The number of rotatable bonds is 5. The summed E-state index contributed by atoms with van der Waals surface area (Å²) >= 11 is 12.5. The van der Waals surface area contributed by atoms with E-state index in [1.165, 1.54) is 0 Å². The predicted octanol–water partition coefficient (Wildman–Crippen LogP) is 4.12. The third-order valence-corrected chi connectivity index (χ3v) is 6.07. The largest absolute Gasteiger partial charge is 0.495 e. The molecular formula is C21H22Cl2N4O3. The van der Waals surface area contributed by atoms with Gasteiger partial charge in [0, 0.05) is 37.9 Å². The molecule has 0 atom stereocenters. The molecule has 1 fully saturated rings. The van der Waals surface area contributed by atoms with Crippen LogP contribution in [-0.2, 0) is 11.3 Å². The minimum atomic E-state index is 0.0107. The molecule has 30 heavy (non-hydrogen) atoms. The SMILES string of the molecule is COc1cc(N2CCN(C(=O)Cn3nc(-c4ccco4)c(Cl)c3C)CC2)ccc1Cl. The van der Waals surface area contributed by atoms with Crippen molar-refractivity contribution < 1.29 is 13.9 Å². The molecule has 0 radical (unpaired) electrons. The Balaban J connectivity index is 1.40. The van der Waals surface area contributed by atoms with E-state index in [9.17, 15) is 4.79 Å². The second kappa shape index (κ2) is 8.62. The van der Waals surface area contributed by atoms with Crippen LogP contribution < -0.4 is 9.64 Å². The van der Waals surface area contributed by atoms with E-state index in [-0.39, 0.29) is 12.5 Å². The summed E-state index contributed by atoms with van der Waals surface area (Å²) in [5.41, 5.74) is 2.32. The Morgan fingerprint density at radius 3 is 2.63 bits per heavy atom. The Labute approximate surface area is 184 Å². The van der Waals surface area contributed by atoms with Gasteiger partial charge in [-0.05, 0) is 31.2 Å². The smallest absolute Gasteiger partial charge is 0.244 e. The van der Waals surface area contributed by atoms with Gasteiger partial charge < -0.3 is 19.0 Å². The lowest BCUT2D eigenvalue weighted by molar-refractivity contribution is -0.132. The summed E-state index contributed by atoms with van der Waals surface area (Å²) in [5, 5.41) is 5.56. The fraction of sp³-hybridized carbons (Fsp3) is 0.333. The number of nitrogens with zero attached hydrogens (tertiary/aromatic N) is 4. The molecule has 0 bridgehead atoms. The van der Waals surface area contributed by atoms with Crippen LogP contribution in [0.15, 0.2) is 41.0 Å². The van der Waals surface area contributed by atoms with E-state index in [0.717, 1.165) is 24.5 Å². The molecule has 4 rings (SSSR count). The zero-order chi connectivity index (χ0) is 21.3. The van der Waals surface area contributed by atoms with Gasteiger partial charge in [0.25, 0.3) is 0 Å². The van der Waals surface area contributed by atoms with Gasteiger partial charge in [-0.2, -0.15) is 5.10 Å². The van der Waals surface area contributed by atoms with Gasteiger partial charge in [-0.3, -0.25) is 9.48 Å². The van der Waals surface area contributed by atoms with Crippen molar-refractivity contribution in [2.24, 2.45) is 0 Å². The molecule has 1 aliphatic rings. The number of hydrogen-bond acceptors (Lipinski definition) is 5. The van der Waals surface area contributed by atoms with Crippen molar-refractivity contribution in [3.63, 3.8) is 0 Å². The van der Waals surface area contributed by atoms with Crippen molar-refractivity contribution in [1.29, 1.82) is 0 Å². The average Bonchev–Trinajstić information content (AvgIpc) is 3.38. The molecule has 2 aromatic heterocycles. The highest BCUT2D eigenvalue weighted by molar-refractivity contribution is 6.33. The normalized spacial score (nSPS) is 14.3. The first-order chi connectivity index (χ1) is 14.5. The molecule has 1 aromatic carbocycles. The summed E-state index contributed by atoms with van der Waals surface area (Å²) in [7, 11) is 1.60. The highest BCUT2D eigenvalue weighted by atomic mass is 35.5. The van der Waals surface area contributed by atoms with Crippen LogP contribution in [0.1, 0.15) is 5.69 Å². The summed E-state index contributed by atoms with van der Waals surface area (Å²) in [5.74, 6) is 1.24. The molecule has 3 heterocycles. The van der Waals surface area contributed by atoms with Gasteiger partial charge in [-0.25, -0.2) is 0 Å². The fourth-order valence-electron chi connectivity index (χ4n) is 3.54. The minimum Gasteiger partial charge on any atom is -0.495 e. The van der Waals surface area contributed by atoms with Crippen LogP contribution in [0.4, 0.5) is 5.69 Å². The van der Waals surface area contributed by atoms with E-state index in [1.54, 1.807) is 30.2 Å². The molecule has 1 amide bonds. The Morgan fingerprint density at radius 1 is 1.20 bits per heavy atom. The summed E-state index contributed by atoms with van der Waals surface area (Å²) in [4.78, 5) is 16.9. The number of methoxy groups -OCH3 is 1. The van der Waals surface area contributed by atoms with Crippen LogP contribution in [-0.4, -0.2) is 53.9 Å². The number of benzene rings is 1. The Bertz CT molecular complexity index is 1040. The maximum absolute atomic E-state index is 12.9. The highest BCUT2D eigenvalue weighted by Crippen LogP contribution is 2.31. The van der Waals surface area contributed by atoms with Crippen molar-refractivity contribution in [3.8, 4) is 17.2 Å². The summed E-state index contributed by atoms with van der Waals surface area (Å²) in [6.07, 6.45) is 1.57. The van der Waals surface area contributed by atoms with Gasteiger partial charge in [0.15, 0.2) is 5.76 Å². The summed E-state index contributed by atoms with van der Waals surface area (Å²) in [6, 6.07) is 9.29. The van der Waals surface area contributed by atoms with Crippen LogP contribution in [0.2, 0.25) is 10.0 Å². The number of carbonyl (C=O) groups excluding carboxylic acids is 1. The summed E-state index contributed by atoms with van der Waals surface area (Å²) in [6.45, 7) is 4.70. The first-order valence-electron chi connectivity index (χ1n) is 9.61. The number of piperazine rings is 1. The molecule has 7 nitrogen and oxygen atoms in total. The molecule has 158 valence electrons. The van der Waals surface area contributed by atoms with E-state index >= 15 is 0 Å². The molecule has 0 spiro atoms. The van der Waals surface area contributed by atoms with Crippen LogP contribution >= 0.6 is 23.2 Å². The van der Waals surface area contributed by atoms with Crippen LogP contribution in [0.5, 0.6) is 5.75 Å². The lowest BCUT2D eigenvalue weighted by Gasteiger charge is -2.36. The Hall–Kier alpha value is -2.64. The number of amides is 1.